The Labute approximate surface area is 141 Å². The molecule has 0 amide bonds. The number of hydrogen-bond donors (Lipinski definition) is 1. The van der Waals surface area contributed by atoms with Gasteiger partial charge in [-0.2, -0.15) is 13.2 Å². The first-order chi connectivity index (χ1) is 9.37. The van der Waals surface area contributed by atoms with Gasteiger partial charge in [0.05, 0.1) is 11.3 Å². The maximum absolute atomic E-state index is 12.7. The van der Waals surface area contributed by atoms with E-state index in [1.165, 1.54) is 11.4 Å². The van der Waals surface area contributed by atoms with Crippen molar-refractivity contribution in [2.24, 2.45) is 0 Å². The van der Waals surface area contributed by atoms with Crippen molar-refractivity contribution in [3.8, 4) is 0 Å². The monoisotopic (exact) mass is 381 g/mol. The molecule has 1 N–H and O–H groups in total. The van der Waals surface area contributed by atoms with Crippen LogP contribution in [0.1, 0.15) is 18.0 Å². The zero-order valence-corrected chi connectivity index (χ0v) is 13.8. The van der Waals surface area contributed by atoms with Gasteiger partial charge < -0.3 is 5.32 Å². The number of nitrogens with one attached hydrogen (secondary N) is 1. The van der Waals surface area contributed by atoms with Crippen molar-refractivity contribution < 1.29 is 18.1 Å². The van der Waals surface area contributed by atoms with Crippen molar-refractivity contribution in [3.05, 3.63) is 27.1 Å². The molecule has 0 aromatic carbocycles. The summed E-state index contributed by atoms with van der Waals surface area (Å²) in [5.41, 5.74) is 0.376. The fraction of sp³-hybridized carbons (Fsp3) is 0.636. The highest BCUT2D eigenvalue weighted by molar-refractivity contribution is 7.13. The molecule has 0 radical (unpaired) electrons. The normalized spacial score (nSPS) is 17.2. The Kier molecular flexibility index (Phi) is 8.63. The molecule has 22 heavy (non-hydrogen) atoms. The summed E-state index contributed by atoms with van der Waals surface area (Å²) in [5.74, 6) is 0. The standard InChI is InChI=1S/C11H14F3N3O2S.2ClH/c12-11(13,14)6-9(16-3-1-15-2-4-16)8-5-10(17(18)19)20-7-8;;/h5,7,9,15H,1-4,6H2;2*1H/t9-;;/m0../s1. The van der Waals surface area contributed by atoms with Crippen molar-refractivity contribution in [2.75, 3.05) is 26.2 Å². The summed E-state index contributed by atoms with van der Waals surface area (Å²) >= 11 is 0.867. The quantitative estimate of drug-likeness (QED) is 0.641. The summed E-state index contributed by atoms with van der Waals surface area (Å²) in [6, 6.07) is 0.408. The summed E-state index contributed by atoms with van der Waals surface area (Å²) in [6.45, 7) is 2.26. The zero-order chi connectivity index (χ0) is 14.8. The van der Waals surface area contributed by atoms with Crippen LogP contribution in [0.3, 0.4) is 0 Å². The van der Waals surface area contributed by atoms with Crippen molar-refractivity contribution in [1.82, 2.24) is 10.2 Å². The van der Waals surface area contributed by atoms with Gasteiger partial charge in [-0.05, 0) is 5.56 Å². The van der Waals surface area contributed by atoms with E-state index in [-0.39, 0.29) is 29.8 Å². The molecule has 2 rings (SSSR count). The second-order valence-corrected chi connectivity index (χ2v) is 5.49. The van der Waals surface area contributed by atoms with Gasteiger partial charge in [-0.1, -0.05) is 11.3 Å². The van der Waals surface area contributed by atoms with E-state index in [0.717, 1.165) is 11.3 Å². The highest BCUT2D eigenvalue weighted by Crippen LogP contribution is 2.37. The molecule has 11 heteroatoms. The minimum absolute atomic E-state index is 0. The first-order valence-electron chi connectivity index (χ1n) is 6.11. The summed E-state index contributed by atoms with van der Waals surface area (Å²) in [6.07, 6.45) is -5.28. The highest BCUT2D eigenvalue weighted by atomic mass is 35.5. The average molecular weight is 382 g/mol. The number of nitrogens with zero attached hydrogens (tertiary/aromatic N) is 2. The van der Waals surface area contributed by atoms with Gasteiger partial charge in [0.2, 0.25) is 0 Å². The van der Waals surface area contributed by atoms with Crippen LogP contribution in [0.5, 0.6) is 0 Å². The van der Waals surface area contributed by atoms with Gasteiger partial charge in [0.25, 0.3) is 0 Å². The Balaban J connectivity index is 0.00000220. The van der Waals surface area contributed by atoms with Crippen LogP contribution in [0.4, 0.5) is 18.2 Å². The van der Waals surface area contributed by atoms with Crippen LogP contribution in [-0.2, 0) is 0 Å². The van der Waals surface area contributed by atoms with Crippen LogP contribution in [0.15, 0.2) is 11.4 Å². The predicted octanol–water partition coefficient (Wildman–Crippen LogP) is 3.40. The van der Waals surface area contributed by atoms with Crippen LogP contribution in [0, 0.1) is 10.1 Å². The van der Waals surface area contributed by atoms with E-state index in [1.54, 1.807) is 4.90 Å². The van der Waals surface area contributed by atoms with E-state index >= 15 is 0 Å². The number of rotatable bonds is 4. The molecule has 0 spiro atoms. The van der Waals surface area contributed by atoms with Gasteiger partial charge in [0, 0.05) is 43.7 Å². The molecule has 5 nitrogen and oxygen atoms in total. The fourth-order valence-electron chi connectivity index (χ4n) is 2.28. The van der Waals surface area contributed by atoms with Crippen molar-refractivity contribution in [1.29, 1.82) is 0 Å². The van der Waals surface area contributed by atoms with E-state index in [1.807, 2.05) is 0 Å². The smallest absolute Gasteiger partial charge is 0.314 e. The SMILES string of the molecule is Cl.Cl.O=[N+]([O-])c1cc([C@H](CC(F)(F)F)N2CCNCC2)cs1. The second kappa shape index (κ2) is 8.88. The van der Waals surface area contributed by atoms with Crippen molar-refractivity contribution >= 4 is 41.2 Å². The van der Waals surface area contributed by atoms with E-state index in [4.69, 9.17) is 0 Å². The van der Waals surface area contributed by atoms with Crippen LogP contribution in [0.25, 0.3) is 0 Å². The number of piperazine rings is 1. The molecule has 1 aromatic rings. The predicted molar refractivity (Wildman–Crippen MR) is 83.3 cm³/mol. The molecule has 1 atom stereocenters. The number of halogens is 5. The Morgan fingerprint density at radius 3 is 2.41 bits per heavy atom. The third-order valence-electron chi connectivity index (χ3n) is 3.19. The van der Waals surface area contributed by atoms with Crippen molar-refractivity contribution in [2.45, 2.75) is 18.6 Å². The lowest BCUT2D eigenvalue weighted by Crippen LogP contribution is -2.46. The maximum Gasteiger partial charge on any atom is 0.390 e. The van der Waals surface area contributed by atoms with E-state index in [2.05, 4.69) is 5.32 Å². The Morgan fingerprint density at radius 2 is 1.95 bits per heavy atom. The molecule has 1 aliphatic rings. The third-order valence-corrected chi connectivity index (χ3v) is 4.09. The second-order valence-electron chi connectivity index (χ2n) is 4.60. The molecule has 1 aliphatic heterocycles. The zero-order valence-electron chi connectivity index (χ0n) is 11.3. The Morgan fingerprint density at radius 1 is 1.36 bits per heavy atom. The Bertz CT molecular complexity index is 481. The molecule has 0 aliphatic carbocycles. The van der Waals surface area contributed by atoms with Crippen LogP contribution < -0.4 is 5.32 Å². The summed E-state index contributed by atoms with van der Waals surface area (Å²) in [4.78, 5) is 11.8. The number of thiophene rings is 1. The summed E-state index contributed by atoms with van der Waals surface area (Å²) in [7, 11) is 0. The number of hydrogen-bond acceptors (Lipinski definition) is 5. The lowest BCUT2D eigenvalue weighted by atomic mass is 10.0. The molecular weight excluding hydrogens is 366 g/mol. The highest BCUT2D eigenvalue weighted by Gasteiger charge is 2.36. The van der Waals surface area contributed by atoms with Crippen LogP contribution in [-0.4, -0.2) is 42.2 Å². The van der Waals surface area contributed by atoms with E-state index in [0.29, 0.717) is 31.7 Å². The molecule has 1 fully saturated rings. The number of alkyl halides is 3. The van der Waals surface area contributed by atoms with Gasteiger partial charge in [-0.25, -0.2) is 0 Å². The van der Waals surface area contributed by atoms with Gasteiger partial charge >= 0.3 is 11.2 Å². The topological polar surface area (TPSA) is 58.4 Å². The first-order valence-corrected chi connectivity index (χ1v) is 6.99. The number of nitro groups is 1. The molecule has 0 saturated carbocycles. The maximum atomic E-state index is 12.7. The van der Waals surface area contributed by atoms with Crippen LogP contribution >= 0.6 is 36.2 Å². The van der Waals surface area contributed by atoms with Crippen molar-refractivity contribution in [3.63, 3.8) is 0 Å². The fourth-order valence-corrected chi connectivity index (χ4v) is 3.05. The summed E-state index contributed by atoms with van der Waals surface area (Å²) in [5, 5.41) is 15.1. The van der Waals surface area contributed by atoms with Gasteiger partial charge in [0.1, 0.15) is 0 Å². The summed E-state index contributed by atoms with van der Waals surface area (Å²) < 4.78 is 38.2. The minimum Gasteiger partial charge on any atom is -0.314 e. The van der Waals surface area contributed by atoms with Gasteiger partial charge in [0.15, 0.2) is 0 Å². The van der Waals surface area contributed by atoms with Gasteiger partial charge in [-0.15, -0.1) is 24.8 Å². The molecule has 1 aromatic heterocycles. The van der Waals surface area contributed by atoms with E-state index < -0.39 is 23.6 Å². The first kappa shape index (κ1) is 21.4. The molecule has 0 unspecified atom stereocenters. The lowest BCUT2D eigenvalue weighted by Gasteiger charge is -2.35. The molecule has 128 valence electrons. The van der Waals surface area contributed by atoms with Gasteiger partial charge in [-0.3, -0.25) is 15.0 Å². The average Bonchev–Trinajstić information content (AvgIpc) is 2.85. The largest absolute Gasteiger partial charge is 0.390 e. The van der Waals surface area contributed by atoms with E-state index in [9.17, 15) is 23.3 Å². The minimum atomic E-state index is -4.30. The lowest BCUT2D eigenvalue weighted by molar-refractivity contribution is -0.380. The van der Waals surface area contributed by atoms with Crippen LogP contribution in [0.2, 0.25) is 0 Å². The molecular formula is C11H16Cl2F3N3O2S. The molecule has 1 saturated heterocycles. The third kappa shape index (κ3) is 5.88. The molecule has 0 bridgehead atoms. The Hall–Kier alpha value is -0.610. The molecule has 2 heterocycles.